The molecule has 0 radical (unpaired) electrons. The molecule has 0 saturated carbocycles. The molecule has 1 fully saturated rings. The molecule has 1 aliphatic rings. The van der Waals surface area contributed by atoms with E-state index in [2.05, 4.69) is 10.1 Å². The van der Waals surface area contributed by atoms with E-state index in [4.69, 9.17) is 14.2 Å². The summed E-state index contributed by atoms with van der Waals surface area (Å²) >= 11 is 0. The molecule has 8 heteroatoms. The Morgan fingerprint density at radius 2 is 2.23 bits per heavy atom. The van der Waals surface area contributed by atoms with Crippen LogP contribution < -0.4 is 4.90 Å². The number of carbonyl (C=O) groups excluding carboxylic acids is 1. The van der Waals surface area contributed by atoms with Crippen molar-refractivity contribution in [1.82, 2.24) is 20.0 Å². The molecule has 26 heavy (non-hydrogen) atoms. The second-order valence-corrected chi connectivity index (χ2v) is 6.73. The van der Waals surface area contributed by atoms with Gasteiger partial charge in [0, 0.05) is 40.0 Å². The summed E-state index contributed by atoms with van der Waals surface area (Å²) in [5.41, 5.74) is 2.36. The molecule has 1 amide bonds. The van der Waals surface area contributed by atoms with Crippen molar-refractivity contribution in [3.05, 3.63) is 23.7 Å². The number of nitrogens with zero attached hydrogens (tertiary/aromatic N) is 5. The van der Waals surface area contributed by atoms with Gasteiger partial charge in [0.1, 0.15) is 6.61 Å². The second-order valence-electron chi connectivity index (χ2n) is 6.73. The quantitative estimate of drug-likeness (QED) is 0.809. The minimum Gasteiger partial charge on any atom is -0.375 e. The zero-order chi connectivity index (χ0) is 18.7. The summed E-state index contributed by atoms with van der Waals surface area (Å²) in [6.45, 7) is 2.64. The molecule has 2 aromatic heterocycles. The SMILES string of the molecule is COCC(=O)N1CCCC[C@H]1c1nc(N(C)C)ncc1-c1cc(C)no1. The highest BCUT2D eigenvalue weighted by Gasteiger charge is 2.32. The maximum atomic E-state index is 12.6. The first-order valence-electron chi connectivity index (χ1n) is 8.77. The van der Waals surface area contributed by atoms with Gasteiger partial charge >= 0.3 is 0 Å². The molecule has 8 nitrogen and oxygen atoms in total. The van der Waals surface area contributed by atoms with E-state index in [-0.39, 0.29) is 18.6 Å². The summed E-state index contributed by atoms with van der Waals surface area (Å²) in [6, 6.07) is 1.73. The number of aromatic nitrogens is 3. The number of methoxy groups -OCH3 is 1. The van der Waals surface area contributed by atoms with Gasteiger partial charge in [-0.2, -0.15) is 0 Å². The van der Waals surface area contributed by atoms with E-state index in [1.54, 1.807) is 6.20 Å². The van der Waals surface area contributed by atoms with Crippen LogP contribution in [0, 0.1) is 6.92 Å². The smallest absolute Gasteiger partial charge is 0.249 e. The number of hydrogen-bond acceptors (Lipinski definition) is 7. The Morgan fingerprint density at radius 3 is 2.88 bits per heavy atom. The summed E-state index contributed by atoms with van der Waals surface area (Å²) in [6.07, 6.45) is 4.62. The number of piperidine rings is 1. The largest absolute Gasteiger partial charge is 0.375 e. The first kappa shape index (κ1) is 18.3. The molecule has 0 aromatic carbocycles. The Bertz CT molecular complexity index is 774. The number of likely N-dealkylation sites (tertiary alicyclic amines) is 1. The molecule has 1 saturated heterocycles. The van der Waals surface area contributed by atoms with Gasteiger partial charge < -0.3 is 19.1 Å². The van der Waals surface area contributed by atoms with Gasteiger partial charge in [0.05, 0.1) is 23.0 Å². The van der Waals surface area contributed by atoms with Crippen LogP contribution in [0.25, 0.3) is 11.3 Å². The molecule has 1 aliphatic heterocycles. The Labute approximate surface area is 153 Å². The fourth-order valence-corrected chi connectivity index (χ4v) is 3.26. The van der Waals surface area contributed by atoms with Crippen molar-refractivity contribution >= 4 is 11.9 Å². The predicted octanol–water partition coefficient (Wildman–Crippen LogP) is 2.21. The lowest BCUT2D eigenvalue weighted by molar-refractivity contribution is -0.139. The van der Waals surface area contributed by atoms with E-state index in [9.17, 15) is 4.79 Å². The monoisotopic (exact) mass is 359 g/mol. The van der Waals surface area contributed by atoms with E-state index in [1.807, 2.05) is 36.9 Å². The summed E-state index contributed by atoms with van der Waals surface area (Å²) in [5, 5.41) is 3.98. The van der Waals surface area contributed by atoms with Crippen molar-refractivity contribution in [3.63, 3.8) is 0 Å². The minimum absolute atomic E-state index is 0.0260. The van der Waals surface area contributed by atoms with Crippen LogP contribution in [-0.2, 0) is 9.53 Å². The Hall–Kier alpha value is -2.48. The summed E-state index contributed by atoms with van der Waals surface area (Å²) in [7, 11) is 5.33. The molecule has 0 unspecified atom stereocenters. The zero-order valence-corrected chi connectivity index (χ0v) is 15.7. The zero-order valence-electron chi connectivity index (χ0n) is 15.7. The molecule has 3 rings (SSSR count). The van der Waals surface area contributed by atoms with E-state index < -0.39 is 0 Å². The highest BCUT2D eigenvalue weighted by atomic mass is 16.5. The van der Waals surface area contributed by atoms with E-state index in [0.29, 0.717) is 18.3 Å². The number of ether oxygens (including phenoxy) is 1. The Balaban J connectivity index is 2.07. The molecule has 0 bridgehead atoms. The molecular weight excluding hydrogens is 334 g/mol. The van der Waals surface area contributed by atoms with Gasteiger partial charge in [0.2, 0.25) is 11.9 Å². The highest BCUT2D eigenvalue weighted by molar-refractivity contribution is 5.78. The van der Waals surface area contributed by atoms with Crippen LogP contribution in [0.15, 0.2) is 16.8 Å². The van der Waals surface area contributed by atoms with Gasteiger partial charge in [0.15, 0.2) is 5.76 Å². The minimum atomic E-state index is -0.131. The second kappa shape index (κ2) is 7.82. The maximum Gasteiger partial charge on any atom is 0.249 e. The van der Waals surface area contributed by atoms with Crippen LogP contribution in [0.1, 0.15) is 36.7 Å². The van der Waals surface area contributed by atoms with E-state index >= 15 is 0 Å². The van der Waals surface area contributed by atoms with Crippen LogP contribution in [0.5, 0.6) is 0 Å². The molecule has 3 heterocycles. The first-order valence-corrected chi connectivity index (χ1v) is 8.77. The summed E-state index contributed by atoms with van der Waals surface area (Å²) < 4.78 is 10.5. The number of hydrogen-bond donors (Lipinski definition) is 0. The Morgan fingerprint density at radius 1 is 1.42 bits per heavy atom. The number of carbonyl (C=O) groups is 1. The molecule has 140 valence electrons. The van der Waals surface area contributed by atoms with Gasteiger partial charge in [-0.1, -0.05) is 5.16 Å². The van der Waals surface area contributed by atoms with Crippen molar-refractivity contribution in [2.75, 3.05) is 39.3 Å². The van der Waals surface area contributed by atoms with Gasteiger partial charge in [-0.15, -0.1) is 0 Å². The maximum absolute atomic E-state index is 12.6. The number of aryl methyl sites for hydroxylation is 1. The average Bonchev–Trinajstić information content (AvgIpc) is 3.07. The molecule has 0 aliphatic carbocycles. The number of rotatable bonds is 5. The van der Waals surface area contributed by atoms with Gasteiger partial charge in [0.25, 0.3) is 0 Å². The van der Waals surface area contributed by atoms with Crippen molar-refractivity contribution in [2.24, 2.45) is 0 Å². The standard InChI is InChI=1S/C18H25N5O3/c1-12-9-15(26-21-12)13-10-19-18(22(2)3)20-17(13)14-7-5-6-8-23(14)16(24)11-25-4/h9-10,14H,5-8,11H2,1-4H3/t14-/m0/s1. The van der Waals surface area contributed by atoms with Crippen molar-refractivity contribution in [3.8, 4) is 11.3 Å². The van der Waals surface area contributed by atoms with Gasteiger partial charge in [-0.05, 0) is 26.2 Å². The van der Waals surface area contributed by atoms with Gasteiger partial charge in [-0.3, -0.25) is 4.79 Å². The third-order valence-corrected chi connectivity index (χ3v) is 4.51. The van der Waals surface area contributed by atoms with E-state index in [1.165, 1.54) is 7.11 Å². The normalized spacial score (nSPS) is 17.4. The summed E-state index contributed by atoms with van der Waals surface area (Å²) in [4.78, 5) is 25.5. The fourth-order valence-electron chi connectivity index (χ4n) is 3.26. The predicted molar refractivity (Wildman–Crippen MR) is 96.8 cm³/mol. The van der Waals surface area contributed by atoms with Gasteiger partial charge in [-0.25, -0.2) is 9.97 Å². The third-order valence-electron chi connectivity index (χ3n) is 4.51. The van der Waals surface area contributed by atoms with Crippen LogP contribution in [0.4, 0.5) is 5.95 Å². The van der Waals surface area contributed by atoms with Crippen LogP contribution in [-0.4, -0.2) is 60.3 Å². The lowest BCUT2D eigenvalue weighted by Crippen LogP contribution is -2.41. The number of anilines is 1. The molecule has 2 aromatic rings. The van der Waals surface area contributed by atoms with E-state index in [0.717, 1.165) is 36.2 Å². The van der Waals surface area contributed by atoms with Crippen molar-refractivity contribution in [2.45, 2.75) is 32.2 Å². The van der Waals surface area contributed by atoms with Crippen LogP contribution in [0.3, 0.4) is 0 Å². The summed E-state index contributed by atoms with van der Waals surface area (Å²) in [5.74, 6) is 1.19. The highest BCUT2D eigenvalue weighted by Crippen LogP contribution is 2.36. The molecule has 0 spiro atoms. The van der Waals surface area contributed by atoms with Crippen molar-refractivity contribution in [1.29, 1.82) is 0 Å². The Kier molecular flexibility index (Phi) is 5.51. The molecular formula is C18H25N5O3. The van der Waals surface area contributed by atoms with Crippen LogP contribution in [0.2, 0.25) is 0 Å². The third kappa shape index (κ3) is 3.70. The fraction of sp³-hybridized carbons (Fsp3) is 0.556. The first-order chi connectivity index (χ1) is 12.5. The van der Waals surface area contributed by atoms with Crippen LogP contribution >= 0.6 is 0 Å². The number of amides is 1. The average molecular weight is 359 g/mol. The van der Waals surface area contributed by atoms with Crippen molar-refractivity contribution < 1.29 is 14.1 Å². The lowest BCUT2D eigenvalue weighted by Gasteiger charge is -2.36. The molecule has 0 N–H and O–H groups in total. The lowest BCUT2D eigenvalue weighted by atomic mass is 9.95. The molecule has 1 atom stereocenters. The topological polar surface area (TPSA) is 84.6 Å².